The molecule has 1 fully saturated rings. The van der Waals surface area contributed by atoms with Crippen LogP contribution in [0.4, 0.5) is 10.3 Å². The number of rotatable bonds is 5. The van der Waals surface area contributed by atoms with Crippen LogP contribution in [0.2, 0.25) is 0 Å². The quantitative estimate of drug-likeness (QED) is 0.853. The van der Waals surface area contributed by atoms with Gasteiger partial charge in [-0.05, 0) is 26.0 Å². The average molecular weight is 346 g/mol. The molecule has 0 atom stereocenters. The fourth-order valence-corrected chi connectivity index (χ4v) is 3.18. The van der Waals surface area contributed by atoms with Crippen molar-refractivity contribution in [1.29, 1.82) is 0 Å². The van der Waals surface area contributed by atoms with Gasteiger partial charge in [-0.25, -0.2) is 4.39 Å². The minimum absolute atomic E-state index is 0.0642. The molecule has 0 saturated carbocycles. The Kier molecular flexibility index (Phi) is 5.28. The maximum absolute atomic E-state index is 13.7. The number of H-pyrrole nitrogens is 1. The molecule has 1 aromatic carbocycles. The molecule has 1 saturated heterocycles. The van der Waals surface area contributed by atoms with Crippen molar-refractivity contribution in [2.45, 2.75) is 25.3 Å². The van der Waals surface area contributed by atoms with E-state index >= 15 is 0 Å². The Morgan fingerprint density at radius 2 is 2.12 bits per heavy atom. The zero-order valence-electron chi connectivity index (χ0n) is 14.3. The number of carbonyl (C=O) groups is 1. The number of likely N-dealkylation sites (N-methyl/N-ethyl adjacent to an activating group) is 1. The molecule has 1 aliphatic heterocycles. The molecule has 0 bridgehead atoms. The first-order valence-electron chi connectivity index (χ1n) is 8.40. The fraction of sp³-hybridized carbons (Fsp3) is 0.471. The van der Waals surface area contributed by atoms with Crippen LogP contribution >= 0.6 is 0 Å². The molecule has 3 N–H and O–H groups in total. The van der Waals surface area contributed by atoms with E-state index in [9.17, 15) is 9.18 Å². The summed E-state index contributed by atoms with van der Waals surface area (Å²) in [5, 5.41) is 6.71. The zero-order chi connectivity index (χ0) is 17.8. The number of carbonyl (C=O) groups excluding carboxylic acids is 1. The number of nitrogens with two attached hydrogens (primary N) is 1. The van der Waals surface area contributed by atoms with Gasteiger partial charge in [0.1, 0.15) is 11.6 Å². The lowest BCUT2D eigenvalue weighted by Gasteiger charge is -2.32. The Hall–Kier alpha value is -2.48. The Morgan fingerprint density at radius 1 is 1.40 bits per heavy atom. The van der Waals surface area contributed by atoms with Crippen LogP contribution < -0.4 is 5.73 Å². The van der Waals surface area contributed by atoms with Crippen molar-refractivity contribution in [3.8, 4) is 0 Å². The summed E-state index contributed by atoms with van der Waals surface area (Å²) in [5.74, 6) is 1.12. The van der Waals surface area contributed by atoms with Gasteiger partial charge in [-0.3, -0.25) is 14.8 Å². The van der Waals surface area contributed by atoms with Crippen molar-refractivity contribution in [3.05, 3.63) is 41.5 Å². The van der Waals surface area contributed by atoms with Crippen LogP contribution in [-0.4, -0.2) is 57.6 Å². The molecule has 2 heterocycles. The fourth-order valence-electron chi connectivity index (χ4n) is 3.18. The molecule has 0 unspecified atom stereocenters. The SMILES string of the molecule is CN(CC(=O)N1CCC(c2nc(N)n[nH]2)CC1)Cc1ccccc1F. The van der Waals surface area contributed by atoms with Gasteiger partial charge in [0.2, 0.25) is 11.9 Å². The van der Waals surface area contributed by atoms with Crippen molar-refractivity contribution in [2.24, 2.45) is 0 Å². The van der Waals surface area contributed by atoms with Gasteiger partial charge in [-0.1, -0.05) is 18.2 Å². The highest BCUT2D eigenvalue weighted by atomic mass is 19.1. The van der Waals surface area contributed by atoms with E-state index in [0.717, 1.165) is 18.7 Å². The summed E-state index contributed by atoms with van der Waals surface area (Å²) in [5.41, 5.74) is 6.14. The van der Waals surface area contributed by atoms with Crippen LogP contribution in [0.5, 0.6) is 0 Å². The highest BCUT2D eigenvalue weighted by Gasteiger charge is 2.26. The number of amides is 1. The molecule has 2 aromatic rings. The standard InChI is InChI=1S/C17H23FN6O/c1-23(10-13-4-2-3-5-14(13)18)11-15(25)24-8-6-12(7-9-24)16-20-17(19)22-21-16/h2-5,12H,6-11H2,1H3,(H3,19,20,21,22). The summed E-state index contributed by atoms with van der Waals surface area (Å²) < 4.78 is 13.7. The monoisotopic (exact) mass is 346 g/mol. The van der Waals surface area contributed by atoms with E-state index in [2.05, 4.69) is 15.2 Å². The third-order valence-corrected chi connectivity index (χ3v) is 4.56. The molecule has 1 amide bonds. The second-order valence-electron chi connectivity index (χ2n) is 6.50. The van der Waals surface area contributed by atoms with Crippen molar-refractivity contribution in [2.75, 3.05) is 32.4 Å². The topological polar surface area (TPSA) is 91.1 Å². The normalized spacial score (nSPS) is 15.7. The number of benzene rings is 1. The smallest absolute Gasteiger partial charge is 0.239 e. The molecule has 25 heavy (non-hydrogen) atoms. The zero-order valence-corrected chi connectivity index (χ0v) is 14.3. The Bertz CT molecular complexity index is 725. The number of nitrogens with zero attached hydrogens (tertiary/aromatic N) is 4. The van der Waals surface area contributed by atoms with Crippen molar-refractivity contribution in [3.63, 3.8) is 0 Å². The van der Waals surface area contributed by atoms with Gasteiger partial charge in [0.25, 0.3) is 0 Å². The van der Waals surface area contributed by atoms with E-state index in [1.165, 1.54) is 6.07 Å². The predicted molar refractivity (Wildman–Crippen MR) is 92.1 cm³/mol. The highest BCUT2D eigenvalue weighted by Crippen LogP contribution is 2.25. The summed E-state index contributed by atoms with van der Waals surface area (Å²) in [6.07, 6.45) is 1.66. The summed E-state index contributed by atoms with van der Waals surface area (Å²) in [4.78, 5) is 20.3. The molecular weight excluding hydrogens is 323 g/mol. The van der Waals surface area contributed by atoms with Gasteiger partial charge in [0.05, 0.1) is 6.54 Å². The molecular formula is C17H23FN6O. The van der Waals surface area contributed by atoms with E-state index in [-0.39, 0.29) is 30.1 Å². The van der Waals surface area contributed by atoms with Crippen LogP contribution in [0.3, 0.4) is 0 Å². The van der Waals surface area contributed by atoms with Crippen LogP contribution in [-0.2, 0) is 11.3 Å². The Labute approximate surface area is 146 Å². The predicted octanol–water partition coefficient (Wildman–Crippen LogP) is 1.36. The Morgan fingerprint density at radius 3 is 2.76 bits per heavy atom. The van der Waals surface area contributed by atoms with E-state index in [0.29, 0.717) is 25.2 Å². The van der Waals surface area contributed by atoms with Crippen LogP contribution in [0, 0.1) is 5.82 Å². The van der Waals surface area contributed by atoms with Crippen LogP contribution in [0.25, 0.3) is 0 Å². The number of hydrogen-bond donors (Lipinski definition) is 2. The summed E-state index contributed by atoms with van der Waals surface area (Å²) in [7, 11) is 1.83. The minimum atomic E-state index is -0.242. The van der Waals surface area contributed by atoms with Gasteiger partial charge < -0.3 is 10.6 Å². The first-order valence-corrected chi connectivity index (χ1v) is 8.40. The lowest BCUT2D eigenvalue weighted by molar-refractivity contribution is -0.133. The third kappa shape index (κ3) is 4.33. The van der Waals surface area contributed by atoms with E-state index in [4.69, 9.17) is 5.73 Å². The minimum Gasteiger partial charge on any atom is -0.367 e. The van der Waals surface area contributed by atoms with Gasteiger partial charge in [0.15, 0.2) is 0 Å². The maximum Gasteiger partial charge on any atom is 0.239 e. The summed E-state index contributed by atoms with van der Waals surface area (Å²) in [6.45, 7) is 2.04. The second-order valence-corrected chi connectivity index (χ2v) is 6.50. The molecule has 0 radical (unpaired) electrons. The molecule has 1 aromatic heterocycles. The number of halogens is 1. The number of nitrogens with one attached hydrogen (secondary N) is 1. The highest BCUT2D eigenvalue weighted by molar-refractivity contribution is 5.78. The summed E-state index contributed by atoms with van der Waals surface area (Å²) >= 11 is 0. The number of likely N-dealkylation sites (tertiary alicyclic amines) is 1. The van der Waals surface area contributed by atoms with Gasteiger partial charge >= 0.3 is 0 Å². The lowest BCUT2D eigenvalue weighted by atomic mass is 9.96. The maximum atomic E-state index is 13.7. The largest absolute Gasteiger partial charge is 0.367 e. The number of anilines is 1. The number of hydrogen-bond acceptors (Lipinski definition) is 5. The second kappa shape index (κ2) is 7.60. The van der Waals surface area contributed by atoms with Gasteiger partial charge in [0, 0.05) is 31.1 Å². The average Bonchev–Trinajstić information content (AvgIpc) is 3.03. The Balaban J connectivity index is 1.48. The van der Waals surface area contributed by atoms with E-state index < -0.39 is 0 Å². The molecule has 7 nitrogen and oxygen atoms in total. The third-order valence-electron chi connectivity index (χ3n) is 4.56. The molecule has 0 aliphatic carbocycles. The summed E-state index contributed by atoms with van der Waals surface area (Å²) in [6, 6.07) is 6.64. The van der Waals surface area contributed by atoms with E-state index in [1.807, 2.05) is 16.8 Å². The number of aromatic amines is 1. The number of aromatic nitrogens is 3. The van der Waals surface area contributed by atoms with Crippen molar-refractivity contribution >= 4 is 11.9 Å². The van der Waals surface area contributed by atoms with E-state index in [1.54, 1.807) is 18.2 Å². The number of nitrogen functional groups attached to an aromatic ring is 1. The first-order chi connectivity index (χ1) is 12.0. The van der Waals surface area contributed by atoms with Crippen LogP contribution in [0.15, 0.2) is 24.3 Å². The molecule has 1 aliphatic rings. The van der Waals surface area contributed by atoms with Crippen molar-refractivity contribution < 1.29 is 9.18 Å². The molecule has 0 spiro atoms. The molecule has 134 valence electrons. The lowest BCUT2D eigenvalue weighted by Crippen LogP contribution is -2.43. The van der Waals surface area contributed by atoms with Crippen LogP contribution in [0.1, 0.15) is 30.1 Å². The number of piperidine rings is 1. The van der Waals surface area contributed by atoms with Crippen molar-refractivity contribution in [1.82, 2.24) is 25.0 Å². The van der Waals surface area contributed by atoms with Gasteiger partial charge in [-0.15, -0.1) is 5.10 Å². The molecule has 8 heteroatoms. The molecule has 3 rings (SSSR count). The first kappa shape index (κ1) is 17.3. The van der Waals surface area contributed by atoms with Gasteiger partial charge in [-0.2, -0.15) is 4.98 Å².